The van der Waals surface area contributed by atoms with Gasteiger partial charge in [0, 0.05) is 35.0 Å². The first-order valence-electron chi connectivity index (χ1n) is 7.92. The second-order valence-electron chi connectivity index (χ2n) is 5.72. The summed E-state index contributed by atoms with van der Waals surface area (Å²) in [5, 5.41) is 4.99. The number of hydrogen-bond donors (Lipinski definition) is 1. The van der Waals surface area contributed by atoms with E-state index in [0.717, 1.165) is 17.0 Å². The van der Waals surface area contributed by atoms with Crippen molar-refractivity contribution < 1.29 is 9.59 Å². The molecule has 0 aliphatic carbocycles. The summed E-state index contributed by atoms with van der Waals surface area (Å²) in [5.74, 6) is -0.269. The number of nitrogens with zero attached hydrogens (tertiary/aromatic N) is 1. The third kappa shape index (κ3) is 3.99. The summed E-state index contributed by atoms with van der Waals surface area (Å²) in [6.07, 6.45) is 3.14. The van der Waals surface area contributed by atoms with Crippen LogP contribution in [0.4, 0.5) is 5.69 Å². The van der Waals surface area contributed by atoms with Gasteiger partial charge in [-0.1, -0.05) is 6.07 Å². The molecular weight excluding hydrogens is 340 g/mol. The molecule has 4 nitrogen and oxygen atoms in total. The maximum absolute atomic E-state index is 12.3. The van der Waals surface area contributed by atoms with Gasteiger partial charge in [-0.3, -0.25) is 9.59 Å². The molecule has 0 spiro atoms. The second-order valence-corrected chi connectivity index (χ2v) is 7.64. The van der Waals surface area contributed by atoms with Crippen molar-refractivity contribution in [1.82, 2.24) is 5.32 Å². The Balaban J connectivity index is 1.54. The molecule has 1 unspecified atom stereocenters. The summed E-state index contributed by atoms with van der Waals surface area (Å²) in [6, 6.07) is 12.0. The first-order chi connectivity index (χ1) is 11.7. The molecule has 126 valence electrons. The highest BCUT2D eigenvalue weighted by atomic mass is 32.2. The Labute approximate surface area is 150 Å². The van der Waals surface area contributed by atoms with Gasteiger partial charge in [0.2, 0.25) is 11.8 Å². The van der Waals surface area contributed by atoms with Crippen LogP contribution in [0.25, 0.3) is 0 Å². The lowest BCUT2D eigenvalue weighted by Gasteiger charge is -2.17. The van der Waals surface area contributed by atoms with Gasteiger partial charge in [-0.15, -0.1) is 23.1 Å². The summed E-state index contributed by atoms with van der Waals surface area (Å²) < 4.78 is 0. The van der Waals surface area contributed by atoms with E-state index in [1.807, 2.05) is 42.0 Å². The minimum Gasteiger partial charge on any atom is -0.355 e. The molecule has 0 bridgehead atoms. The number of rotatable bonds is 6. The van der Waals surface area contributed by atoms with Crippen molar-refractivity contribution in [3.63, 3.8) is 0 Å². The molecular formula is C18H20N2O2S2. The van der Waals surface area contributed by atoms with Crippen molar-refractivity contribution in [2.24, 2.45) is 5.92 Å². The van der Waals surface area contributed by atoms with Crippen LogP contribution in [-0.4, -0.2) is 31.2 Å². The van der Waals surface area contributed by atoms with Crippen LogP contribution in [-0.2, 0) is 16.0 Å². The van der Waals surface area contributed by atoms with Crippen molar-refractivity contribution >= 4 is 40.6 Å². The highest BCUT2D eigenvalue weighted by Crippen LogP contribution is 2.27. The molecule has 2 heterocycles. The molecule has 2 amide bonds. The molecule has 1 saturated heterocycles. The lowest BCUT2D eigenvalue weighted by molar-refractivity contribution is -0.126. The van der Waals surface area contributed by atoms with E-state index in [2.05, 4.69) is 11.4 Å². The van der Waals surface area contributed by atoms with E-state index in [1.54, 1.807) is 28.0 Å². The number of benzene rings is 1. The van der Waals surface area contributed by atoms with Gasteiger partial charge < -0.3 is 10.2 Å². The number of thiophene rings is 1. The summed E-state index contributed by atoms with van der Waals surface area (Å²) in [5.41, 5.74) is 0.867. The minimum atomic E-state index is -0.263. The number of carbonyl (C=O) groups excluding carboxylic acids is 2. The standard InChI is InChI=1S/C18H20N2O2S2/c1-23-15-6-4-14(5-7-15)20-12-13(11-17(20)21)18(22)19-9-8-16-3-2-10-24-16/h2-7,10,13H,8-9,11-12H2,1H3,(H,19,22). The second kappa shape index (κ2) is 7.85. The van der Waals surface area contributed by atoms with Crippen molar-refractivity contribution in [2.75, 3.05) is 24.2 Å². The monoisotopic (exact) mass is 360 g/mol. The Morgan fingerprint density at radius 2 is 2.12 bits per heavy atom. The van der Waals surface area contributed by atoms with Gasteiger partial charge in [0.1, 0.15) is 0 Å². The van der Waals surface area contributed by atoms with Crippen molar-refractivity contribution in [1.29, 1.82) is 0 Å². The van der Waals surface area contributed by atoms with Gasteiger partial charge in [-0.25, -0.2) is 0 Å². The SMILES string of the molecule is CSc1ccc(N2CC(C(=O)NCCc3cccs3)CC2=O)cc1. The van der Waals surface area contributed by atoms with Crippen LogP contribution in [0.5, 0.6) is 0 Å². The fraction of sp³-hybridized carbons (Fsp3) is 0.333. The summed E-state index contributed by atoms with van der Waals surface area (Å²) in [7, 11) is 0. The fourth-order valence-corrected chi connectivity index (χ4v) is 3.92. The summed E-state index contributed by atoms with van der Waals surface area (Å²) in [4.78, 5) is 28.7. The van der Waals surface area contributed by atoms with Gasteiger partial charge in [-0.2, -0.15) is 0 Å². The predicted octanol–water partition coefficient (Wildman–Crippen LogP) is 3.18. The van der Waals surface area contributed by atoms with Crippen LogP contribution in [0.3, 0.4) is 0 Å². The molecule has 6 heteroatoms. The Kier molecular flexibility index (Phi) is 5.58. The quantitative estimate of drug-likeness (QED) is 0.805. The van der Waals surface area contributed by atoms with Crippen LogP contribution in [0.2, 0.25) is 0 Å². The van der Waals surface area contributed by atoms with Crippen LogP contribution in [0, 0.1) is 5.92 Å². The molecule has 1 fully saturated rings. The summed E-state index contributed by atoms with van der Waals surface area (Å²) in [6.45, 7) is 1.08. The highest BCUT2D eigenvalue weighted by Gasteiger charge is 2.34. The molecule has 1 aromatic heterocycles. The van der Waals surface area contributed by atoms with Gasteiger partial charge in [0.05, 0.1) is 5.92 Å². The van der Waals surface area contributed by atoms with E-state index in [1.165, 1.54) is 4.88 Å². The molecule has 2 aromatic rings. The average Bonchev–Trinajstić information content (AvgIpc) is 3.24. The molecule has 3 rings (SSSR count). The molecule has 1 atom stereocenters. The van der Waals surface area contributed by atoms with Crippen LogP contribution < -0.4 is 10.2 Å². The van der Waals surface area contributed by atoms with Gasteiger partial charge in [-0.05, 0) is 48.4 Å². The number of carbonyl (C=O) groups is 2. The zero-order valence-electron chi connectivity index (χ0n) is 13.5. The Morgan fingerprint density at radius 3 is 2.79 bits per heavy atom. The van der Waals surface area contributed by atoms with E-state index in [0.29, 0.717) is 13.1 Å². The van der Waals surface area contributed by atoms with Crippen molar-refractivity contribution in [3.05, 3.63) is 46.7 Å². The molecule has 0 saturated carbocycles. The highest BCUT2D eigenvalue weighted by molar-refractivity contribution is 7.98. The number of amides is 2. The molecule has 24 heavy (non-hydrogen) atoms. The Morgan fingerprint density at radius 1 is 1.33 bits per heavy atom. The van der Waals surface area contributed by atoms with E-state index in [-0.39, 0.29) is 24.2 Å². The van der Waals surface area contributed by atoms with E-state index < -0.39 is 0 Å². The Bertz CT molecular complexity index is 698. The molecule has 1 aliphatic heterocycles. The first-order valence-corrected chi connectivity index (χ1v) is 10.0. The smallest absolute Gasteiger partial charge is 0.227 e. The van der Waals surface area contributed by atoms with Gasteiger partial charge >= 0.3 is 0 Å². The zero-order chi connectivity index (χ0) is 16.9. The maximum Gasteiger partial charge on any atom is 0.227 e. The third-order valence-corrected chi connectivity index (χ3v) is 5.81. The van der Waals surface area contributed by atoms with E-state index >= 15 is 0 Å². The van der Waals surface area contributed by atoms with Gasteiger partial charge in [0.15, 0.2) is 0 Å². The maximum atomic E-state index is 12.3. The number of nitrogens with one attached hydrogen (secondary N) is 1. The third-order valence-electron chi connectivity index (χ3n) is 4.13. The minimum absolute atomic E-state index is 0.0188. The number of thioether (sulfide) groups is 1. The van der Waals surface area contributed by atoms with E-state index in [4.69, 9.17) is 0 Å². The van der Waals surface area contributed by atoms with Crippen LogP contribution in [0.1, 0.15) is 11.3 Å². The van der Waals surface area contributed by atoms with Crippen LogP contribution in [0.15, 0.2) is 46.7 Å². The van der Waals surface area contributed by atoms with Crippen LogP contribution >= 0.6 is 23.1 Å². The zero-order valence-corrected chi connectivity index (χ0v) is 15.2. The summed E-state index contributed by atoms with van der Waals surface area (Å²) >= 11 is 3.36. The van der Waals surface area contributed by atoms with E-state index in [9.17, 15) is 9.59 Å². The molecule has 0 radical (unpaired) electrons. The topological polar surface area (TPSA) is 49.4 Å². The lowest BCUT2D eigenvalue weighted by atomic mass is 10.1. The van der Waals surface area contributed by atoms with Crippen molar-refractivity contribution in [2.45, 2.75) is 17.7 Å². The largest absolute Gasteiger partial charge is 0.355 e. The average molecular weight is 361 g/mol. The first kappa shape index (κ1) is 17.0. The Hall–Kier alpha value is -1.79. The predicted molar refractivity (Wildman–Crippen MR) is 99.7 cm³/mol. The number of hydrogen-bond acceptors (Lipinski definition) is 4. The number of anilines is 1. The molecule has 1 aromatic carbocycles. The fourth-order valence-electron chi connectivity index (χ4n) is 2.80. The van der Waals surface area contributed by atoms with Gasteiger partial charge in [0.25, 0.3) is 0 Å². The molecule has 1 N–H and O–H groups in total. The molecule has 1 aliphatic rings. The normalized spacial score (nSPS) is 17.3. The van der Waals surface area contributed by atoms with Crippen molar-refractivity contribution in [3.8, 4) is 0 Å². The lowest BCUT2D eigenvalue weighted by Crippen LogP contribution is -2.34.